The van der Waals surface area contributed by atoms with Gasteiger partial charge in [0.15, 0.2) is 5.82 Å². The van der Waals surface area contributed by atoms with Crippen molar-refractivity contribution in [3.63, 3.8) is 0 Å². The minimum atomic E-state index is -0.587. The molecule has 0 aliphatic carbocycles. The summed E-state index contributed by atoms with van der Waals surface area (Å²) in [4.78, 5) is 22.2. The first-order valence-electron chi connectivity index (χ1n) is 8.71. The van der Waals surface area contributed by atoms with Gasteiger partial charge in [0.25, 0.3) is 0 Å². The Bertz CT molecular complexity index is 977. The molecule has 0 spiro atoms. The molecule has 4 rings (SSSR count). The molecule has 0 unspecified atom stereocenters. The molecular formula is C18H20N6O3. The second-order valence-electron chi connectivity index (χ2n) is 6.78. The van der Waals surface area contributed by atoms with Crippen LogP contribution in [0, 0.1) is 13.8 Å². The van der Waals surface area contributed by atoms with E-state index in [-0.39, 0.29) is 12.5 Å². The third-order valence-corrected chi connectivity index (χ3v) is 4.64. The van der Waals surface area contributed by atoms with E-state index in [1.807, 2.05) is 32.0 Å². The number of hydrogen-bond acceptors (Lipinski definition) is 7. The molecule has 0 aromatic carbocycles. The average molecular weight is 368 g/mol. The molecule has 9 nitrogen and oxygen atoms in total. The van der Waals surface area contributed by atoms with Crippen molar-refractivity contribution in [1.82, 2.24) is 29.8 Å². The van der Waals surface area contributed by atoms with Crippen LogP contribution in [0.25, 0.3) is 17.2 Å². The molecule has 1 aliphatic heterocycles. The van der Waals surface area contributed by atoms with Gasteiger partial charge in [-0.3, -0.25) is 4.79 Å². The third-order valence-electron chi connectivity index (χ3n) is 4.64. The van der Waals surface area contributed by atoms with Crippen LogP contribution in [0.1, 0.15) is 36.7 Å². The number of aryl methyl sites for hydroxylation is 2. The van der Waals surface area contributed by atoms with Gasteiger partial charge in [-0.2, -0.15) is 10.1 Å². The van der Waals surface area contributed by atoms with E-state index in [0.29, 0.717) is 29.5 Å². The monoisotopic (exact) mass is 368 g/mol. The molecule has 3 aromatic heterocycles. The lowest BCUT2D eigenvalue weighted by molar-refractivity contribution is -0.130. The van der Waals surface area contributed by atoms with Gasteiger partial charge in [-0.25, -0.2) is 9.67 Å². The zero-order valence-corrected chi connectivity index (χ0v) is 15.3. The number of aromatic nitrogens is 5. The number of amides is 1. The number of carbonyl (C=O) groups excluding carboxylic acids is 1. The second kappa shape index (κ2) is 6.58. The highest BCUT2D eigenvalue weighted by Crippen LogP contribution is 2.32. The van der Waals surface area contributed by atoms with Crippen LogP contribution in [0.5, 0.6) is 0 Å². The predicted octanol–water partition coefficient (Wildman–Crippen LogP) is 1.59. The second-order valence-corrected chi connectivity index (χ2v) is 6.78. The first kappa shape index (κ1) is 17.3. The van der Waals surface area contributed by atoms with Crippen LogP contribution < -0.4 is 0 Å². The number of pyridine rings is 1. The van der Waals surface area contributed by atoms with Crippen molar-refractivity contribution in [2.45, 2.75) is 39.3 Å². The highest BCUT2D eigenvalue weighted by Gasteiger charge is 2.37. The Kier molecular flexibility index (Phi) is 4.23. The normalized spacial score (nSPS) is 19.6. The number of aliphatic hydroxyl groups is 1. The van der Waals surface area contributed by atoms with Crippen molar-refractivity contribution in [3.05, 3.63) is 41.7 Å². The van der Waals surface area contributed by atoms with Crippen LogP contribution in [0.4, 0.5) is 0 Å². The Morgan fingerprint density at radius 2 is 2.15 bits per heavy atom. The molecule has 1 amide bonds. The van der Waals surface area contributed by atoms with Gasteiger partial charge < -0.3 is 14.5 Å². The molecule has 1 saturated heterocycles. The summed E-state index contributed by atoms with van der Waals surface area (Å²) in [7, 11) is 0. The highest BCUT2D eigenvalue weighted by atomic mass is 16.5. The van der Waals surface area contributed by atoms with Gasteiger partial charge >= 0.3 is 0 Å². The number of nitrogens with zero attached hydrogens (tertiary/aromatic N) is 6. The Morgan fingerprint density at radius 3 is 2.78 bits per heavy atom. The molecule has 0 radical (unpaired) electrons. The highest BCUT2D eigenvalue weighted by molar-refractivity contribution is 5.74. The van der Waals surface area contributed by atoms with Gasteiger partial charge in [0.05, 0.1) is 11.8 Å². The summed E-state index contributed by atoms with van der Waals surface area (Å²) in [6.45, 7) is 5.64. The lowest BCUT2D eigenvalue weighted by atomic mass is 10.2. The maximum atomic E-state index is 11.8. The zero-order valence-electron chi connectivity index (χ0n) is 15.3. The fourth-order valence-corrected chi connectivity index (χ4v) is 3.39. The van der Waals surface area contributed by atoms with Crippen LogP contribution in [-0.2, 0) is 4.79 Å². The Hall–Kier alpha value is -3.07. The first-order valence-corrected chi connectivity index (χ1v) is 8.71. The van der Waals surface area contributed by atoms with Crippen molar-refractivity contribution in [1.29, 1.82) is 0 Å². The third kappa shape index (κ3) is 3.21. The van der Waals surface area contributed by atoms with Gasteiger partial charge in [0.1, 0.15) is 6.04 Å². The van der Waals surface area contributed by atoms with E-state index >= 15 is 0 Å². The summed E-state index contributed by atoms with van der Waals surface area (Å²) < 4.78 is 7.13. The molecule has 1 N–H and O–H groups in total. The van der Waals surface area contributed by atoms with Crippen molar-refractivity contribution < 1.29 is 14.4 Å². The summed E-state index contributed by atoms with van der Waals surface area (Å²) in [5.41, 5.74) is 2.62. The van der Waals surface area contributed by atoms with Crippen LogP contribution in [-0.4, -0.2) is 53.5 Å². The van der Waals surface area contributed by atoms with Gasteiger partial charge in [-0.05, 0) is 32.0 Å². The van der Waals surface area contributed by atoms with E-state index in [1.54, 1.807) is 15.8 Å². The zero-order chi connectivity index (χ0) is 19.1. The quantitative estimate of drug-likeness (QED) is 0.747. The van der Waals surface area contributed by atoms with Crippen LogP contribution >= 0.6 is 0 Å². The summed E-state index contributed by atoms with van der Waals surface area (Å²) in [6.07, 6.45) is 1.46. The van der Waals surface area contributed by atoms with E-state index in [0.717, 1.165) is 11.4 Å². The molecule has 27 heavy (non-hydrogen) atoms. The Balaban J connectivity index is 1.58. The Morgan fingerprint density at radius 1 is 1.33 bits per heavy atom. The van der Waals surface area contributed by atoms with E-state index in [4.69, 9.17) is 4.52 Å². The molecular weight excluding hydrogens is 348 g/mol. The van der Waals surface area contributed by atoms with Gasteiger partial charge in [-0.1, -0.05) is 5.16 Å². The summed E-state index contributed by atoms with van der Waals surface area (Å²) in [5, 5.41) is 18.3. The summed E-state index contributed by atoms with van der Waals surface area (Å²) in [6, 6.07) is 5.27. The van der Waals surface area contributed by atoms with Crippen molar-refractivity contribution >= 4 is 5.91 Å². The molecule has 9 heteroatoms. The van der Waals surface area contributed by atoms with Crippen molar-refractivity contribution in [2.75, 3.05) is 6.54 Å². The Labute approximate surface area is 155 Å². The average Bonchev–Trinajstić information content (AvgIpc) is 3.33. The minimum absolute atomic E-state index is 0.132. The van der Waals surface area contributed by atoms with Crippen LogP contribution in [0.3, 0.4) is 0 Å². The topological polar surface area (TPSA) is 110 Å². The molecule has 1 fully saturated rings. The SMILES string of the molecule is CC(=O)N1C[C@@H](O)C[C@@H]1c1nc(-c2ccc(-n3nc(C)cc3C)nc2)no1. The fraction of sp³-hybridized carbons (Fsp3) is 0.389. The van der Waals surface area contributed by atoms with E-state index in [2.05, 4.69) is 20.2 Å². The standard InChI is InChI=1S/C18H20N6O3/c1-10-6-11(2)24(21-10)16-5-4-13(8-19-16)17-20-18(27-22-17)15-7-14(26)9-23(15)12(3)25/h4-6,8,14-15,26H,7,9H2,1-3H3/t14-,15+/m0/s1. The maximum absolute atomic E-state index is 11.8. The summed E-state index contributed by atoms with van der Waals surface area (Å²) in [5.74, 6) is 1.28. The molecule has 3 aromatic rings. The largest absolute Gasteiger partial charge is 0.391 e. The van der Waals surface area contributed by atoms with Crippen molar-refractivity contribution in [2.24, 2.45) is 0 Å². The van der Waals surface area contributed by atoms with Gasteiger partial charge in [0, 0.05) is 37.3 Å². The first-order chi connectivity index (χ1) is 12.9. The number of carbonyl (C=O) groups is 1. The molecule has 0 bridgehead atoms. The smallest absolute Gasteiger partial charge is 0.249 e. The predicted molar refractivity (Wildman–Crippen MR) is 94.9 cm³/mol. The number of hydrogen-bond donors (Lipinski definition) is 1. The number of rotatable bonds is 3. The molecule has 140 valence electrons. The summed E-state index contributed by atoms with van der Waals surface area (Å²) >= 11 is 0. The lowest BCUT2D eigenvalue weighted by Gasteiger charge is -2.19. The fourth-order valence-electron chi connectivity index (χ4n) is 3.39. The molecule has 1 aliphatic rings. The lowest BCUT2D eigenvalue weighted by Crippen LogP contribution is -2.29. The van der Waals surface area contributed by atoms with E-state index < -0.39 is 12.1 Å². The minimum Gasteiger partial charge on any atom is -0.391 e. The number of likely N-dealkylation sites (tertiary alicyclic amines) is 1. The van der Waals surface area contributed by atoms with E-state index in [9.17, 15) is 9.90 Å². The van der Waals surface area contributed by atoms with Crippen molar-refractivity contribution in [3.8, 4) is 17.2 Å². The van der Waals surface area contributed by atoms with Gasteiger partial charge in [0.2, 0.25) is 17.6 Å². The van der Waals surface area contributed by atoms with Gasteiger partial charge in [-0.15, -0.1) is 0 Å². The molecule has 2 atom stereocenters. The maximum Gasteiger partial charge on any atom is 0.249 e. The number of β-amino-alcohol motifs (C(OH)–C–C–N with tert-alkyl or cyclic N) is 1. The number of aliphatic hydroxyl groups excluding tert-OH is 1. The van der Waals surface area contributed by atoms with Crippen LogP contribution in [0.15, 0.2) is 28.9 Å². The molecule has 0 saturated carbocycles. The van der Waals surface area contributed by atoms with E-state index in [1.165, 1.54) is 6.92 Å². The van der Waals surface area contributed by atoms with Crippen LogP contribution in [0.2, 0.25) is 0 Å². The molecule has 4 heterocycles.